The van der Waals surface area contributed by atoms with E-state index in [-0.39, 0.29) is 41.9 Å². The van der Waals surface area contributed by atoms with Crippen molar-refractivity contribution < 1.29 is 9.18 Å². The summed E-state index contributed by atoms with van der Waals surface area (Å²) < 4.78 is 13.4. The third kappa shape index (κ3) is 3.47. The standard InChI is InChI=1S/C22H24FN7O/c1-12(13-3-5-14(23)6-4-13)30-21-18(17(11-24)29-30)22(31)28-20(27-21)16-8-7-15(16)19-25-9-2-10-26-19/h2-6,9-10,12,15-18,20-21,27,29H,7-8H2,1H3,(H,28,31)/t12-,15+,16+,17?,18?,20?,21?/m1/s1. The van der Waals surface area contributed by atoms with Crippen molar-refractivity contribution in [2.45, 2.75) is 50.1 Å². The number of amides is 1. The summed E-state index contributed by atoms with van der Waals surface area (Å²) in [5.41, 5.74) is 4.09. The van der Waals surface area contributed by atoms with Gasteiger partial charge >= 0.3 is 0 Å². The molecular formula is C22H24FN7O. The minimum atomic E-state index is -0.643. The summed E-state index contributed by atoms with van der Waals surface area (Å²) in [5, 5.41) is 18.2. The molecule has 160 valence electrons. The maximum atomic E-state index is 13.4. The van der Waals surface area contributed by atoms with Crippen LogP contribution in [0.3, 0.4) is 0 Å². The Balaban J connectivity index is 1.39. The summed E-state index contributed by atoms with van der Waals surface area (Å²) in [7, 11) is 0. The molecule has 1 aliphatic carbocycles. The molecule has 2 aliphatic heterocycles. The topological polar surface area (TPSA) is 106 Å². The van der Waals surface area contributed by atoms with Gasteiger partial charge in [-0.3, -0.25) is 10.1 Å². The summed E-state index contributed by atoms with van der Waals surface area (Å²) >= 11 is 0. The van der Waals surface area contributed by atoms with Gasteiger partial charge in [0.15, 0.2) is 0 Å². The normalized spacial score (nSPS) is 33.6. The van der Waals surface area contributed by atoms with Gasteiger partial charge in [-0.25, -0.2) is 24.8 Å². The number of fused-ring (bicyclic) bond motifs is 1. The molecule has 0 radical (unpaired) electrons. The summed E-state index contributed by atoms with van der Waals surface area (Å²) in [5.74, 6) is 0.174. The molecule has 0 bridgehead atoms. The molecule has 1 aromatic carbocycles. The second-order valence-electron chi connectivity index (χ2n) is 8.45. The zero-order chi connectivity index (χ0) is 21.5. The number of benzene rings is 1. The van der Waals surface area contributed by atoms with E-state index in [1.807, 2.05) is 11.9 Å². The number of hydrazine groups is 1. The Labute approximate surface area is 179 Å². The Bertz CT molecular complexity index is 995. The van der Waals surface area contributed by atoms with Crippen molar-refractivity contribution in [3.8, 4) is 6.07 Å². The van der Waals surface area contributed by atoms with Crippen LogP contribution >= 0.6 is 0 Å². The first-order chi connectivity index (χ1) is 15.1. The van der Waals surface area contributed by atoms with E-state index in [1.165, 1.54) is 12.1 Å². The molecule has 31 heavy (non-hydrogen) atoms. The number of hydrogen-bond donors (Lipinski definition) is 3. The molecule has 3 aliphatic rings. The van der Waals surface area contributed by atoms with Gasteiger partial charge in [0.1, 0.15) is 17.7 Å². The highest BCUT2D eigenvalue weighted by molar-refractivity contribution is 5.82. The maximum Gasteiger partial charge on any atom is 0.230 e. The SMILES string of the molecule is C[C@H](c1ccc(F)cc1)N1NC(C#N)C2C(=O)NC([C@H]3CC[C@@H]3c3ncccn3)NC21. The number of nitriles is 1. The van der Waals surface area contributed by atoms with Crippen LogP contribution in [0, 0.1) is 29.0 Å². The van der Waals surface area contributed by atoms with E-state index in [0.717, 1.165) is 24.2 Å². The molecule has 3 N–H and O–H groups in total. The van der Waals surface area contributed by atoms with Gasteiger partial charge in [0.2, 0.25) is 5.91 Å². The lowest BCUT2D eigenvalue weighted by atomic mass is 9.70. The second kappa shape index (κ2) is 7.96. The Hall–Kier alpha value is -2.93. The van der Waals surface area contributed by atoms with Crippen molar-refractivity contribution in [2.24, 2.45) is 11.8 Å². The van der Waals surface area contributed by atoms with E-state index in [2.05, 4.69) is 32.1 Å². The molecule has 3 heterocycles. The average molecular weight is 421 g/mol. The van der Waals surface area contributed by atoms with Crippen LogP contribution in [0.25, 0.3) is 0 Å². The Morgan fingerprint density at radius 3 is 2.61 bits per heavy atom. The molecular weight excluding hydrogens is 397 g/mol. The molecule has 1 saturated carbocycles. The molecule has 5 rings (SSSR count). The molecule has 1 amide bonds. The number of aromatic nitrogens is 2. The molecule has 8 nitrogen and oxygen atoms in total. The summed E-state index contributed by atoms with van der Waals surface area (Å²) in [6.45, 7) is 1.98. The van der Waals surface area contributed by atoms with Crippen molar-refractivity contribution in [1.82, 2.24) is 31.0 Å². The number of rotatable bonds is 4. The first-order valence-corrected chi connectivity index (χ1v) is 10.6. The lowest BCUT2D eigenvalue weighted by molar-refractivity contribution is -0.132. The zero-order valence-corrected chi connectivity index (χ0v) is 17.1. The molecule has 9 heteroatoms. The average Bonchev–Trinajstić information content (AvgIpc) is 3.13. The molecule has 3 fully saturated rings. The minimum Gasteiger partial charge on any atom is -0.340 e. The van der Waals surface area contributed by atoms with Crippen LogP contribution in [0.15, 0.2) is 42.7 Å². The quantitative estimate of drug-likeness (QED) is 0.688. The maximum absolute atomic E-state index is 13.4. The predicted octanol–water partition coefficient (Wildman–Crippen LogP) is 1.57. The molecule has 4 unspecified atom stereocenters. The van der Waals surface area contributed by atoms with E-state index in [9.17, 15) is 14.4 Å². The van der Waals surface area contributed by atoms with E-state index < -0.39 is 12.0 Å². The smallest absolute Gasteiger partial charge is 0.230 e. The first kappa shape index (κ1) is 20.0. The van der Waals surface area contributed by atoms with Gasteiger partial charge in [-0.2, -0.15) is 5.26 Å². The molecule has 2 aromatic rings. The van der Waals surface area contributed by atoms with Crippen LogP contribution in [0.1, 0.15) is 43.1 Å². The van der Waals surface area contributed by atoms with Crippen LogP contribution in [0.4, 0.5) is 4.39 Å². The third-order valence-corrected chi connectivity index (χ3v) is 6.82. The van der Waals surface area contributed by atoms with Crippen LogP contribution in [0.2, 0.25) is 0 Å². The van der Waals surface area contributed by atoms with Crippen molar-refractivity contribution in [1.29, 1.82) is 5.26 Å². The molecule has 2 saturated heterocycles. The number of halogens is 1. The Kier molecular flexibility index (Phi) is 5.14. The Morgan fingerprint density at radius 1 is 1.23 bits per heavy atom. The highest BCUT2D eigenvalue weighted by Crippen LogP contribution is 2.44. The van der Waals surface area contributed by atoms with Gasteiger partial charge in [-0.05, 0) is 43.5 Å². The van der Waals surface area contributed by atoms with Crippen molar-refractivity contribution in [2.75, 3.05) is 0 Å². The van der Waals surface area contributed by atoms with Crippen molar-refractivity contribution in [3.63, 3.8) is 0 Å². The lowest BCUT2D eigenvalue weighted by Gasteiger charge is -2.47. The van der Waals surface area contributed by atoms with E-state index in [4.69, 9.17) is 0 Å². The summed E-state index contributed by atoms with van der Waals surface area (Å²) in [6.07, 6.45) is 4.82. The van der Waals surface area contributed by atoms with Gasteiger partial charge in [-0.15, -0.1) is 0 Å². The van der Waals surface area contributed by atoms with Crippen LogP contribution in [-0.2, 0) is 4.79 Å². The molecule has 0 spiro atoms. The molecule has 1 aromatic heterocycles. The minimum absolute atomic E-state index is 0.138. The number of nitrogens with one attached hydrogen (secondary N) is 3. The lowest BCUT2D eigenvalue weighted by Crippen LogP contribution is -2.68. The van der Waals surface area contributed by atoms with Crippen molar-refractivity contribution >= 4 is 5.91 Å². The van der Waals surface area contributed by atoms with Gasteiger partial charge in [0.25, 0.3) is 0 Å². The van der Waals surface area contributed by atoms with Gasteiger partial charge in [0.05, 0.1) is 24.3 Å². The molecule has 7 atom stereocenters. The van der Waals surface area contributed by atoms with Gasteiger partial charge < -0.3 is 5.32 Å². The monoisotopic (exact) mass is 421 g/mol. The van der Waals surface area contributed by atoms with E-state index in [0.29, 0.717) is 0 Å². The number of carbonyl (C=O) groups is 1. The first-order valence-electron chi connectivity index (χ1n) is 10.6. The number of carbonyl (C=O) groups excluding carboxylic acids is 1. The summed E-state index contributed by atoms with van der Waals surface area (Å²) in [4.78, 5) is 21.8. The number of hydrogen-bond acceptors (Lipinski definition) is 7. The van der Waals surface area contributed by atoms with Crippen molar-refractivity contribution in [3.05, 3.63) is 59.9 Å². The van der Waals surface area contributed by atoms with Crippen LogP contribution in [-0.4, -0.2) is 39.3 Å². The van der Waals surface area contributed by atoms with E-state index in [1.54, 1.807) is 30.6 Å². The second-order valence-corrected chi connectivity index (χ2v) is 8.45. The van der Waals surface area contributed by atoms with Crippen LogP contribution in [0.5, 0.6) is 0 Å². The van der Waals surface area contributed by atoms with E-state index >= 15 is 0 Å². The fraction of sp³-hybridized carbons (Fsp3) is 0.455. The fourth-order valence-electron chi connectivity index (χ4n) is 4.97. The highest BCUT2D eigenvalue weighted by Gasteiger charge is 2.54. The zero-order valence-electron chi connectivity index (χ0n) is 17.1. The third-order valence-electron chi connectivity index (χ3n) is 6.82. The highest BCUT2D eigenvalue weighted by atomic mass is 19.1. The summed E-state index contributed by atoms with van der Waals surface area (Å²) in [6, 6.07) is 9.49. The largest absolute Gasteiger partial charge is 0.340 e. The Morgan fingerprint density at radius 2 is 1.97 bits per heavy atom. The number of nitrogens with zero attached hydrogens (tertiary/aromatic N) is 4. The fourth-order valence-corrected chi connectivity index (χ4v) is 4.97. The van der Waals surface area contributed by atoms with Crippen LogP contribution < -0.4 is 16.1 Å². The van der Waals surface area contributed by atoms with Gasteiger partial charge in [-0.1, -0.05) is 12.1 Å². The predicted molar refractivity (Wildman–Crippen MR) is 109 cm³/mol. The van der Waals surface area contributed by atoms with Gasteiger partial charge in [0, 0.05) is 30.3 Å².